The van der Waals surface area contributed by atoms with Gasteiger partial charge in [-0.05, 0) is 33.5 Å². The second-order valence-corrected chi connectivity index (χ2v) is 7.85. The lowest BCUT2D eigenvalue weighted by Crippen LogP contribution is -2.19. The summed E-state index contributed by atoms with van der Waals surface area (Å²) in [4.78, 5) is 0. The molecule has 4 rings (SSSR count). The average molecular weight is 338 g/mol. The first kappa shape index (κ1) is 15.7. The van der Waals surface area contributed by atoms with E-state index in [1.807, 2.05) is 66.4 Å². The lowest BCUT2D eigenvalue weighted by molar-refractivity contribution is 0.563. The number of benzene rings is 3. The Kier molecular flexibility index (Phi) is 4.36. The van der Waals surface area contributed by atoms with Crippen molar-refractivity contribution in [2.75, 3.05) is 0 Å². The third-order valence-corrected chi connectivity index (χ3v) is 6.27. The maximum Gasteiger partial charge on any atom is 0.316 e. The molecule has 0 saturated heterocycles. The van der Waals surface area contributed by atoms with E-state index in [2.05, 4.69) is 36.4 Å². The molecule has 1 heterocycles. The molecule has 0 aliphatic carbocycles. The van der Waals surface area contributed by atoms with E-state index in [-0.39, 0.29) is 5.54 Å². The SMILES string of the molecule is O=[Si]1C=CC(c2ccccc2)=C(c2ccccc2)C1c1ccccc1. The van der Waals surface area contributed by atoms with Gasteiger partial charge in [0, 0.05) is 0 Å². The summed E-state index contributed by atoms with van der Waals surface area (Å²) in [5, 5.41) is 0. The zero-order valence-electron chi connectivity index (χ0n) is 13.8. The summed E-state index contributed by atoms with van der Waals surface area (Å²) in [5.41, 5.74) is 7.54. The van der Waals surface area contributed by atoms with E-state index in [1.165, 1.54) is 0 Å². The first-order chi connectivity index (χ1) is 12.3. The van der Waals surface area contributed by atoms with Crippen LogP contribution in [0.3, 0.4) is 0 Å². The van der Waals surface area contributed by atoms with Gasteiger partial charge in [0.1, 0.15) is 0 Å². The normalized spacial score (nSPS) is 17.0. The molecule has 1 nitrogen and oxygen atoms in total. The first-order valence-corrected chi connectivity index (χ1v) is 10.0. The van der Waals surface area contributed by atoms with Crippen LogP contribution < -0.4 is 0 Å². The van der Waals surface area contributed by atoms with Crippen molar-refractivity contribution < 1.29 is 4.46 Å². The third-order valence-electron chi connectivity index (χ3n) is 4.58. The Morgan fingerprint density at radius 1 is 0.640 bits per heavy atom. The number of hydrogen-bond acceptors (Lipinski definition) is 1. The largest absolute Gasteiger partial charge is 0.382 e. The Bertz CT molecular complexity index is 941. The third kappa shape index (κ3) is 3.09. The predicted octanol–water partition coefficient (Wildman–Crippen LogP) is 5.45. The van der Waals surface area contributed by atoms with Gasteiger partial charge in [-0.1, -0.05) is 97.1 Å². The maximum atomic E-state index is 13.0. The Balaban J connectivity index is 1.98. The monoisotopic (exact) mass is 338 g/mol. The van der Waals surface area contributed by atoms with Crippen LogP contribution in [0, 0.1) is 0 Å². The summed E-state index contributed by atoms with van der Waals surface area (Å²) >= 11 is 0. The molecule has 0 N–H and O–H groups in total. The molecule has 3 aromatic carbocycles. The minimum absolute atomic E-state index is 0.0891. The molecule has 0 saturated carbocycles. The number of rotatable bonds is 3. The van der Waals surface area contributed by atoms with Gasteiger partial charge < -0.3 is 4.46 Å². The van der Waals surface area contributed by atoms with Crippen molar-refractivity contribution >= 4 is 19.8 Å². The fourth-order valence-electron chi connectivity index (χ4n) is 3.43. The molecule has 25 heavy (non-hydrogen) atoms. The highest BCUT2D eigenvalue weighted by Crippen LogP contribution is 2.41. The molecule has 1 atom stereocenters. The molecule has 0 fully saturated rings. The Labute approximate surface area is 149 Å². The van der Waals surface area contributed by atoms with Gasteiger partial charge in [-0.25, -0.2) is 0 Å². The van der Waals surface area contributed by atoms with E-state index in [9.17, 15) is 4.46 Å². The molecule has 0 spiro atoms. The molecule has 1 unspecified atom stereocenters. The van der Waals surface area contributed by atoms with E-state index in [0.717, 1.165) is 27.8 Å². The van der Waals surface area contributed by atoms with Crippen molar-refractivity contribution in [1.82, 2.24) is 0 Å². The molecule has 0 amide bonds. The van der Waals surface area contributed by atoms with Gasteiger partial charge in [0.05, 0.1) is 5.54 Å². The van der Waals surface area contributed by atoms with Crippen molar-refractivity contribution in [3.05, 3.63) is 119 Å². The molecule has 1 aliphatic rings. The van der Waals surface area contributed by atoms with E-state index in [4.69, 9.17) is 0 Å². The van der Waals surface area contributed by atoms with Crippen LogP contribution in [0.1, 0.15) is 22.2 Å². The van der Waals surface area contributed by atoms with Gasteiger partial charge in [-0.15, -0.1) is 0 Å². The topological polar surface area (TPSA) is 17.1 Å². The standard InChI is InChI=1S/C23H18OSi/c24-25-17-16-21(18-10-4-1-5-11-18)22(19-12-6-2-7-13-19)23(25)20-14-8-3-9-15-20/h1-17,23H. The summed E-state index contributed by atoms with van der Waals surface area (Å²) in [6.45, 7) is 0. The molecular formula is C23H18OSi. The molecule has 3 aromatic rings. The number of allylic oxidation sites excluding steroid dienone is 3. The minimum atomic E-state index is -1.91. The lowest BCUT2D eigenvalue weighted by Gasteiger charge is -2.25. The lowest BCUT2D eigenvalue weighted by atomic mass is 9.89. The second-order valence-electron chi connectivity index (χ2n) is 6.14. The highest BCUT2D eigenvalue weighted by Gasteiger charge is 2.31. The molecular weight excluding hydrogens is 320 g/mol. The van der Waals surface area contributed by atoms with Crippen LogP contribution in [0.2, 0.25) is 0 Å². The van der Waals surface area contributed by atoms with Crippen LogP contribution in [-0.2, 0) is 4.46 Å². The molecule has 0 bridgehead atoms. The fourth-order valence-corrected chi connectivity index (χ4v) is 5.09. The van der Waals surface area contributed by atoms with E-state index in [1.54, 1.807) is 0 Å². The van der Waals surface area contributed by atoms with Gasteiger partial charge >= 0.3 is 8.68 Å². The van der Waals surface area contributed by atoms with Crippen LogP contribution in [-0.4, -0.2) is 8.68 Å². The summed E-state index contributed by atoms with van der Waals surface area (Å²) in [6, 6.07) is 30.9. The average Bonchev–Trinajstić information content (AvgIpc) is 2.70. The Hall–Kier alpha value is -2.84. The van der Waals surface area contributed by atoms with Crippen molar-refractivity contribution in [2.24, 2.45) is 0 Å². The summed E-state index contributed by atoms with van der Waals surface area (Å²) in [7, 11) is -1.91. The Morgan fingerprint density at radius 3 is 1.76 bits per heavy atom. The van der Waals surface area contributed by atoms with Gasteiger partial charge in [-0.2, -0.15) is 0 Å². The van der Waals surface area contributed by atoms with Crippen molar-refractivity contribution in [3.8, 4) is 0 Å². The fraction of sp³-hybridized carbons (Fsp3) is 0.0435. The van der Waals surface area contributed by atoms with Crippen LogP contribution in [0.5, 0.6) is 0 Å². The molecule has 2 heteroatoms. The van der Waals surface area contributed by atoms with Crippen molar-refractivity contribution in [3.63, 3.8) is 0 Å². The smallest absolute Gasteiger partial charge is 0.316 e. The van der Waals surface area contributed by atoms with Crippen LogP contribution in [0.15, 0.2) is 103 Å². The summed E-state index contributed by atoms with van der Waals surface area (Å²) in [5.74, 6) is 0. The first-order valence-electron chi connectivity index (χ1n) is 8.46. The second kappa shape index (κ2) is 6.95. The van der Waals surface area contributed by atoms with Crippen molar-refractivity contribution in [2.45, 2.75) is 5.54 Å². The quantitative estimate of drug-likeness (QED) is 0.580. The zero-order valence-corrected chi connectivity index (χ0v) is 14.8. The minimum Gasteiger partial charge on any atom is -0.382 e. The van der Waals surface area contributed by atoms with Crippen LogP contribution in [0.25, 0.3) is 11.1 Å². The van der Waals surface area contributed by atoms with Gasteiger partial charge in [0.25, 0.3) is 0 Å². The highest BCUT2D eigenvalue weighted by molar-refractivity contribution is 6.55. The van der Waals surface area contributed by atoms with Gasteiger partial charge in [0.15, 0.2) is 0 Å². The summed E-state index contributed by atoms with van der Waals surface area (Å²) in [6.07, 6.45) is 2.04. The predicted molar refractivity (Wildman–Crippen MR) is 104 cm³/mol. The van der Waals surface area contributed by atoms with Crippen LogP contribution in [0.4, 0.5) is 0 Å². The molecule has 0 radical (unpaired) electrons. The highest BCUT2D eigenvalue weighted by atomic mass is 28.3. The molecule has 1 aliphatic heterocycles. The van der Waals surface area contributed by atoms with Crippen molar-refractivity contribution in [1.29, 1.82) is 0 Å². The molecule has 120 valence electrons. The van der Waals surface area contributed by atoms with E-state index in [0.29, 0.717) is 0 Å². The van der Waals surface area contributed by atoms with E-state index < -0.39 is 8.68 Å². The maximum absolute atomic E-state index is 13.0. The Morgan fingerprint density at radius 2 is 1.16 bits per heavy atom. The van der Waals surface area contributed by atoms with Gasteiger partial charge in [-0.3, -0.25) is 0 Å². The number of hydrogen-bond donors (Lipinski definition) is 0. The van der Waals surface area contributed by atoms with E-state index >= 15 is 0 Å². The summed E-state index contributed by atoms with van der Waals surface area (Å²) < 4.78 is 13.0. The van der Waals surface area contributed by atoms with Crippen LogP contribution >= 0.6 is 0 Å². The molecule has 0 aromatic heterocycles. The zero-order chi connectivity index (χ0) is 17.1. The van der Waals surface area contributed by atoms with Gasteiger partial charge in [0.2, 0.25) is 0 Å².